The second kappa shape index (κ2) is 5.01. The van der Waals surface area contributed by atoms with E-state index in [1.165, 1.54) is 11.3 Å². The van der Waals surface area contributed by atoms with Crippen molar-refractivity contribution >= 4 is 11.6 Å². The summed E-state index contributed by atoms with van der Waals surface area (Å²) in [5.41, 5.74) is 2.65. The molecule has 2 rings (SSSR count). The Hall–Kier alpha value is -1.51. The molecule has 1 atom stereocenters. The molecule has 0 saturated heterocycles. The van der Waals surface area contributed by atoms with Gasteiger partial charge in [-0.05, 0) is 30.9 Å². The van der Waals surface area contributed by atoms with Crippen LogP contribution in [0.2, 0.25) is 0 Å². The van der Waals surface area contributed by atoms with Crippen molar-refractivity contribution in [2.24, 2.45) is 0 Å². The molecule has 0 bridgehead atoms. The molecule has 0 saturated carbocycles. The van der Waals surface area contributed by atoms with Gasteiger partial charge >= 0.3 is 0 Å². The highest BCUT2D eigenvalue weighted by molar-refractivity contribution is 5.72. The number of amides is 1. The summed E-state index contributed by atoms with van der Waals surface area (Å²) in [6.45, 7) is 2.32. The van der Waals surface area contributed by atoms with Crippen LogP contribution in [-0.4, -0.2) is 18.5 Å². The SMILES string of the molecule is CC(=O)NCCC1CCc2ccccc2N1. The lowest BCUT2D eigenvalue weighted by molar-refractivity contribution is -0.118. The van der Waals surface area contributed by atoms with Crippen molar-refractivity contribution in [3.05, 3.63) is 29.8 Å². The molecule has 3 nitrogen and oxygen atoms in total. The van der Waals surface area contributed by atoms with Gasteiger partial charge in [-0.2, -0.15) is 0 Å². The predicted molar refractivity (Wildman–Crippen MR) is 65.5 cm³/mol. The minimum atomic E-state index is 0.0520. The largest absolute Gasteiger partial charge is 0.382 e. The van der Waals surface area contributed by atoms with E-state index in [1.54, 1.807) is 6.92 Å². The predicted octanol–water partition coefficient (Wildman–Crippen LogP) is 1.94. The lowest BCUT2D eigenvalue weighted by atomic mass is 9.96. The maximum Gasteiger partial charge on any atom is 0.216 e. The van der Waals surface area contributed by atoms with E-state index in [4.69, 9.17) is 0 Å². The molecule has 1 unspecified atom stereocenters. The third kappa shape index (κ3) is 2.75. The smallest absolute Gasteiger partial charge is 0.216 e. The molecule has 0 fully saturated rings. The number of hydrogen-bond acceptors (Lipinski definition) is 2. The van der Waals surface area contributed by atoms with E-state index in [9.17, 15) is 4.79 Å². The molecule has 86 valence electrons. The van der Waals surface area contributed by atoms with Gasteiger partial charge in [0.15, 0.2) is 0 Å². The van der Waals surface area contributed by atoms with Gasteiger partial charge in [0.2, 0.25) is 5.91 Å². The van der Waals surface area contributed by atoms with Gasteiger partial charge in [-0.1, -0.05) is 18.2 Å². The lowest BCUT2D eigenvalue weighted by Crippen LogP contribution is -2.31. The first-order valence-corrected chi connectivity index (χ1v) is 5.84. The van der Waals surface area contributed by atoms with E-state index in [1.807, 2.05) is 0 Å². The lowest BCUT2D eigenvalue weighted by Gasteiger charge is -2.27. The molecule has 1 heterocycles. The molecule has 1 aliphatic heterocycles. The fraction of sp³-hybridized carbons (Fsp3) is 0.462. The van der Waals surface area contributed by atoms with Crippen LogP contribution in [0.25, 0.3) is 0 Å². The summed E-state index contributed by atoms with van der Waals surface area (Å²) < 4.78 is 0. The summed E-state index contributed by atoms with van der Waals surface area (Å²) in [4.78, 5) is 10.8. The summed E-state index contributed by atoms with van der Waals surface area (Å²) in [5, 5.41) is 6.36. The number of aryl methyl sites for hydroxylation is 1. The Kier molecular flexibility index (Phi) is 3.44. The van der Waals surface area contributed by atoms with Gasteiger partial charge in [-0.15, -0.1) is 0 Å². The zero-order valence-corrected chi connectivity index (χ0v) is 9.62. The molecule has 1 amide bonds. The Balaban J connectivity index is 1.86. The number of hydrogen-bond donors (Lipinski definition) is 2. The van der Waals surface area contributed by atoms with Crippen molar-refractivity contribution in [2.45, 2.75) is 32.2 Å². The summed E-state index contributed by atoms with van der Waals surface area (Å²) >= 11 is 0. The van der Waals surface area contributed by atoms with Crippen molar-refractivity contribution in [2.75, 3.05) is 11.9 Å². The van der Waals surface area contributed by atoms with Crippen molar-refractivity contribution in [1.82, 2.24) is 5.32 Å². The molecular weight excluding hydrogens is 200 g/mol. The highest BCUT2D eigenvalue weighted by atomic mass is 16.1. The van der Waals surface area contributed by atoms with Crippen LogP contribution < -0.4 is 10.6 Å². The fourth-order valence-electron chi connectivity index (χ4n) is 2.14. The number of anilines is 1. The highest BCUT2D eigenvalue weighted by Gasteiger charge is 2.16. The zero-order valence-electron chi connectivity index (χ0n) is 9.62. The van der Waals surface area contributed by atoms with E-state index >= 15 is 0 Å². The number of carbonyl (C=O) groups is 1. The van der Waals surface area contributed by atoms with Crippen LogP contribution in [0, 0.1) is 0 Å². The van der Waals surface area contributed by atoms with Crippen molar-refractivity contribution in [3.8, 4) is 0 Å². The zero-order chi connectivity index (χ0) is 11.4. The Bertz CT molecular complexity index is 376. The monoisotopic (exact) mass is 218 g/mol. The fourth-order valence-corrected chi connectivity index (χ4v) is 2.14. The molecule has 1 aromatic carbocycles. The van der Waals surface area contributed by atoms with Crippen LogP contribution >= 0.6 is 0 Å². The molecule has 0 spiro atoms. The van der Waals surface area contributed by atoms with Gasteiger partial charge in [-0.3, -0.25) is 4.79 Å². The van der Waals surface area contributed by atoms with E-state index in [2.05, 4.69) is 34.9 Å². The average molecular weight is 218 g/mol. The molecule has 1 aliphatic rings. The summed E-state index contributed by atoms with van der Waals surface area (Å²) in [6, 6.07) is 8.92. The first-order chi connectivity index (χ1) is 7.75. The van der Waals surface area contributed by atoms with E-state index in [0.717, 1.165) is 25.8 Å². The van der Waals surface area contributed by atoms with Crippen molar-refractivity contribution < 1.29 is 4.79 Å². The molecule has 0 radical (unpaired) electrons. The molecule has 2 N–H and O–H groups in total. The van der Waals surface area contributed by atoms with E-state index < -0.39 is 0 Å². The third-order valence-corrected chi connectivity index (χ3v) is 3.01. The van der Waals surface area contributed by atoms with Gasteiger partial charge in [-0.25, -0.2) is 0 Å². The average Bonchev–Trinajstić information content (AvgIpc) is 2.28. The Morgan fingerprint density at radius 1 is 1.50 bits per heavy atom. The second-order valence-corrected chi connectivity index (χ2v) is 4.31. The van der Waals surface area contributed by atoms with Crippen LogP contribution in [0.4, 0.5) is 5.69 Å². The molecule has 1 aromatic rings. The number of nitrogens with one attached hydrogen (secondary N) is 2. The maximum absolute atomic E-state index is 10.8. The molecule has 0 aliphatic carbocycles. The minimum Gasteiger partial charge on any atom is -0.382 e. The maximum atomic E-state index is 10.8. The molecule has 3 heteroatoms. The Morgan fingerprint density at radius 2 is 2.31 bits per heavy atom. The van der Waals surface area contributed by atoms with Crippen molar-refractivity contribution in [1.29, 1.82) is 0 Å². The third-order valence-electron chi connectivity index (χ3n) is 3.01. The van der Waals surface area contributed by atoms with Crippen LogP contribution in [0.3, 0.4) is 0 Å². The number of para-hydroxylation sites is 1. The first-order valence-electron chi connectivity index (χ1n) is 5.84. The quantitative estimate of drug-likeness (QED) is 0.814. The second-order valence-electron chi connectivity index (χ2n) is 4.31. The highest BCUT2D eigenvalue weighted by Crippen LogP contribution is 2.25. The van der Waals surface area contributed by atoms with Gasteiger partial charge in [0.1, 0.15) is 0 Å². The summed E-state index contributed by atoms with van der Waals surface area (Å²) in [7, 11) is 0. The van der Waals surface area contributed by atoms with Crippen LogP contribution in [0.5, 0.6) is 0 Å². The van der Waals surface area contributed by atoms with Gasteiger partial charge < -0.3 is 10.6 Å². The van der Waals surface area contributed by atoms with Gasteiger partial charge in [0, 0.05) is 25.2 Å². The number of fused-ring (bicyclic) bond motifs is 1. The van der Waals surface area contributed by atoms with E-state index in [0.29, 0.717) is 6.04 Å². The number of carbonyl (C=O) groups excluding carboxylic acids is 1. The molecular formula is C13H18N2O. The summed E-state index contributed by atoms with van der Waals surface area (Å²) in [5.74, 6) is 0.0520. The first kappa shape index (κ1) is 11.0. The van der Waals surface area contributed by atoms with Gasteiger partial charge in [0.25, 0.3) is 0 Å². The van der Waals surface area contributed by atoms with Crippen LogP contribution in [0.15, 0.2) is 24.3 Å². The van der Waals surface area contributed by atoms with Gasteiger partial charge in [0.05, 0.1) is 0 Å². The Morgan fingerprint density at radius 3 is 3.12 bits per heavy atom. The van der Waals surface area contributed by atoms with Crippen LogP contribution in [0.1, 0.15) is 25.3 Å². The summed E-state index contributed by atoms with van der Waals surface area (Å²) in [6.07, 6.45) is 3.28. The Labute approximate surface area is 96.2 Å². The van der Waals surface area contributed by atoms with Crippen LogP contribution in [-0.2, 0) is 11.2 Å². The standard InChI is InChI=1S/C13H18N2O/c1-10(16)14-9-8-12-7-6-11-4-2-3-5-13(11)15-12/h2-5,12,15H,6-9H2,1H3,(H,14,16). The normalized spacial score (nSPS) is 18.4. The topological polar surface area (TPSA) is 41.1 Å². The number of rotatable bonds is 3. The van der Waals surface area contributed by atoms with E-state index in [-0.39, 0.29) is 5.91 Å². The minimum absolute atomic E-state index is 0.0520. The molecule has 0 aromatic heterocycles. The van der Waals surface area contributed by atoms with Crippen molar-refractivity contribution in [3.63, 3.8) is 0 Å². The number of benzene rings is 1. The molecule has 16 heavy (non-hydrogen) atoms.